The first-order valence-electron chi connectivity index (χ1n) is 8.66. The molecular weight excluding hydrogens is 348 g/mol. The zero-order valence-corrected chi connectivity index (χ0v) is 15.2. The molecule has 1 saturated heterocycles. The molecule has 0 bridgehead atoms. The van der Waals surface area contributed by atoms with Crippen LogP contribution in [-0.4, -0.2) is 29.8 Å². The summed E-state index contributed by atoms with van der Waals surface area (Å²) in [6.07, 6.45) is 3.05. The van der Waals surface area contributed by atoms with Crippen molar-refractivity contribution in [2.24, 2.45) is 11.7 Å². The van der Waals surface area contributed by atoms with Gasteiger partial charge in [0.2, 0.25) is 5.91 Å². The van der Waals surface area contributed by atoms with E-state index >= 15 is 0 Å². The van der Waals surface area contributed by atoms with Gasteiger partial charge in [-0.2, -0.15) is 0 Å². The molecule has 1 aliphatic rings. The fourth-order valence-electron chi connectivity index (χ4n) is 3.17. The molecule has 0 unspecified atom stereocenters. The Hall–Kier alpha value is -2.59. The molecule has 134 valence electrons. The minimum absolute atomic E-state index is 0.0564. The van der Waals surface area contributed by atoms with Crippen LogP contribution in [0.4, 0.5) is 0 Å². The molecule has 1 fully saturated rings. The maximum Gasteiger partial charge on any atom is 0.254 e. The van der Waals surface area contributed by atoms with E-state index in [1.807, 2.05) is 54.6 Å². The van der Waals surface area contributed by atoms with E-state index in [2.05, 4.69) is 0 Å². The Labute approximate surface area is 158 Å². The van der Waals surface area contributed by atoms with Crippen molar-refractivity contribution in [2.45, 2.75) is 12.8 Å². The standard InChI is InChI=1S/C21H21ClN2O2/c22-19-9-5-4-8-17(19)14-18(15-6-2-1-3-7-15)21(26)24-12-10-16(11-13-24)20(23)25/h1-9,14,16H,10-13H2,(H2,23,25). The lowest BCUT2D eigenvalue weighted by Gasteiger charge is -2.31. The predicted molar refractivity (Wildman–Crippen MR) is 104 cm³/mol. The molecule has 2 aromatic rings. The summed E-state index contributed by atoms with van der Waals surface area (Å²) in [6, 6.07) is 17.0. The van der Waals surface area contributed by atoms with E-state index in [0.717, 1.165) is 11.1 Å². The topological polar surface area (TPSA) is 63.4 Å². The van der Waals surface area contributed by atoms with Gasteiger partial charge in [0.15, 0.2) is 0 Å². The number of nitrogens with zero attached hydrogens (tertiary/aromatic N) is 1. The second kappa shape index (κ2) is 8.19. The summed E-state index contributed by atoms with van der Waals surface area (Å²) in [6.45, 7) is 1.05. The minimum atomic E-state index is -0.285. The van der Waals surface area contributed by atoms with Crippen molar-refractivity contribution in [3.63, 3.8) is 0 Å². The van der Waals surface area contributed by atoms with Crippen LogP contribution in [0.5, 0.6) is 0 Å². The van der Waals surface area contributed by atoms with Gasteiger partial charge in [-0.05, 0) is 36.1 Å². The average Bonchev–Trinajstić information content (AvgIpc) is 2.67. The van der Waals surface area contributed by atoms with Crippen molar-refractivity contribution < 1.29 is 9.59 Å². The number of carbonyl (C=O) groups excluding carboxylic acids is 2. The van der Waals surface area contributed by atoms with E-state index in [1.54, 1.807) is 11.0 Å². The average molecular weight is 369 g/mol. The van der Waals surface area contributed by atoms with Gasteiger partial charge in [0.05, 0.1) is 0 Å². The molecule has 5 heteroatoms. The molecule has 26 heavy (non-hydrogen) atoms. The first-order chi connectivity index (χ1) is 12.6. The highest BCUT2D eigenvalue weighted by molar-refractivity contribution is 6.33. The summed E-state index contributed by atoms with van der Waals surface area (Å²) in [5, 5.41) is 0.598. The number of primary amides is 1. The Morgan fingerprint density at radius 1 is 1.00 bits per heavy atom. The van der Waals surface area contributed by atoms with Gasteiger partial charge < -0.3 is 10.6 Å². The summed E-state index contributed by atoms with van der Waals surface area (Å²) in [5.74, 6) is -0.488. The molecule has 1 heterocycles. The largest absolute Gasteiger partial charge is 0.369 e. The van der Waals surface area contributed by atoms with Crippen molar-refractivity contribution >= 4 is 35.1 Å². The molecule has 2 aromatic carbocycles. The summed E-state index contributed by atoms with van der Waals surface area (Å²) in [7, 11) is 0. The lowest BCUT2D eigenvalue weighted by atomic mass is 9.94. The van der Waals surface area contributed by atoms with Crippen LogP contribution in [-0.2, 0) is 9.59 Å². The number of amides is 2. The molecular formula is C21H21ClN2O2. The number of carbonyl (C=O) groups is 2. The van der Waals surface area contributed by atoms with Crippen LogP contribution >= 0.6 is 11.6 Å². The van der Waals surface area contributed by atoms with Gasteiger partial charge in [-0.25, -0.2) is 0 Å². The zero-order chi connectivity index (χ0) is 18.5. The Morgan fingerprint density at radius 2 is 1.62 bits per heavy atom. The molecule has 1 aliphatic heterocycles. The molecule has 0 aromatic heterocycles. The van der Waals surface area contributed by atoms with Gasteiger partial charge >= 0.3 is 0 Å². The van der Waals surface area contributed by atoms with Gasteiger partial charge in [0.25, 0.3) is 5.91 Å². The lowest BCUT2D eigenvalue weighted by molar-refractivity contribution is -0.130. The number of rotatable bonds is 4. The molecule has 0 atom stereocenters. The number of likely N-dealkylation sites (tertiary alicyclic amines) is 1. The van der Waals surface area contributed by atoms with Crippen molar-refractivity contribution in [2.75, 3.05) is 13.1 Å². The molecule has 2 N–H and O–H groups in total. The predicted octanol–water partition coefficient (Wildman–Crippen LogP) is 3.60. The number of benzene rings is 2. The zero-order valence-electron chi connectivity index (χ0n) is 14.4. The van der Waals surface area contributed by atoms with Crippen molar-refractivity contribution in [1.82, 2.24) is 4.90 Å². The fourth-order valence-corrected chi connectivity index (χ4v) is 3.36. The van der Waals surface area contributed by atoms with Gasteiger partial charge in [0, 0.05) is 29.6 Å². The number of piperidine rings is 1. The van der Waals surface area contributed by atoms with E-state index in [9.17, 15) is 9.59 Å². The highest BCUT2D eigenvalue weighted by atomic mass is 35.5. The number of halogens is 1. The number of hydrogen-bond acceptors (Lipinski definition) is 2. The molecule has 0 spiro atoms. The second-order valence-corrected chi connectivity index (χ2v) is 6.82. The van der Waals surface area contributed by atoms with Crippen molar-refractivity contribution in [1.29, 1.82) is 0 Å². The molecule has 2 amide bonds. The number of nitrogens with two attached hydrogens (primary N) is 1. The third-order valence-corrected chi connectivity index (χ3v) is 5.05. The van der Waals surface area contributed by atoms with E-state index in [4.69, 9.17) is 17.3 Å². The number of hydrogen-bond donors (Lipinski definition) is 1. The van der Waals surface area contributed by atoms with Crippen LogP contribution in [0.15, 0.2) is 54.6 Å². The molecule has 0 saturated carbocycles. The van der Waals surface area contributed by atoms with Crippen LogP contribution in [0.3, 0.4) is 0 Å². The first kappa shape index (κ1) is 18.2. The van der Waals surface area contributed by atoms with E-state index in [1.165, 1.54) is 0 Å². The Kier molecular flexibility index (Phi) is 5.74. The molecule has 3 rings (SSSR count). The first-order valence-corrected chi connectivity index (χ1v) is 9.04. The van der Waals surface area contributed by atoms with Crippen molar-refractivity contribution in [3.05, 3.63) is 70.7 Å². The Balaban J connectivity index is 1.91. The summed E-state index contributed by atoms with van der Waals surface area (Å²) in [4.78, 5) is 26.3. The molecule has 0 radical (unpaired) electrons. The van der Waals surface area contributed by atoms with Gasteiger partial charge in [-0.1, -0.05) is 60.1 Å². The van der Waals surface area contributed by atoms with Gasteiger partial charge in [0.1, 0.15) is 0 Å². The lowest BCUT2D eigenvalue weighted by Crippen LogP contribution is -2.42. The smallest absolute Gasteiger partial charge is 0.254 e. The SMILES string of the molecule is NC(=O)C1CCN(C(=O)C(=Cc2ccccc2Cl)c2ccccc2)CC1. The monoisotopic (exact) mass is 368 g/mol. The molecule has 0 aliphatic carbocycles. The van der Waals surface area contributed by atoms with Crippen LogP contribution in [0.25, 0.3) is 11.6 Å². The quantitative estimate of drug-likeness (QED) is 0.662. The van der Waals surface area contributed by atoms with Crippen LogP contribution in [0.2, 0.25) is 5.02 Å². The Morgan fingerprint density at radius 3 is 2.23 bits per heavy atom. The van der Waals surface area contributed by atoms with Crippen LogP contribution in [0, 0.1) is 5.92 Å². The van der Waals surface area contributed by atoms with Crippen LogP contribution < -0.4 is 5.73 Å². The van der Waals surface area contributed by atoms with Gasteiger partial charge in [-0.3, -0.25) is 9.59 Å². The Bertz CT molecular complexity index is 825. The summed E-state index contributed by atoms with van der Waals surface area (Å²) >= 11 is 6.28. The van der Waals surface area contributed by atoms with Crippen molar-refractivity contribution in [3.8, 4) is 0 Å². The van der Waals surface area contributed by atoms with Crippen LogP contribution in [0.1, 0.15) is 24.0 Å². The minimum Gasteiger partial charge on any atom is -0.369 e. The maximum absolute atomic E-state index is 13.2. The van der Waals surface area contributed by atoms with Gasteiger partial charge in [-0.15, -0.1) is 0 Å². The van der Waals surface area contributed by atoms with E-state index in [0.29, 0.717) is 36.5 Å². The summed E-state index contributed by atoms with van der Waals surface area (Å²) < 4.78 is 0. The highest BCUT2D eigenvalue weighted by Gasteiger charge is 2.27. The van der Waals surface area contributed by atoms with E-state index in [-0.39, 0.29) is 17.7 Å². The third-order valence-electron chi connectivity index (χ3n) is 4.70. The highest BCUT2D eigenvalue weighted by Crippen LogP contribution is 2.27. The normalized spacial score (nSPS) is 15.7. The third kappa shape index (κ3) is 4.14. The summed E-state index contributed by atoms with van der Waals surface area (Å²) in [5.41, 5.74) is 7.63. The maximum atomic E-state index is 13.2. The molecule has 4 nitrogen and oxygen atoms in total. The second-order valence-electron chi connectivity index (χ2n) is 6.41. The van der Waals surface area contributed by atoms with E-state index < -0.39 is 0 Å². The fraction of sp³-hybridized carbons (Fsp3) is 0.238.